The van der Waals surface area contributed by atoms with E-state index in [4.69, 9.17) is 16.3 Å². The number of nitrogens with one attached hydrogen (secondary N) is 1. The fourth-order valence-electron chi connectivity index (χ4n) is 5.11. The third kappa shape index (κ3) is 5.72. The smallest absolute Gasteiger partial charge is 0.247 e. The van der Waals surface area contributed by atoms with E-state index < -0.39 is 17.9 Å². The van der Waals surface area contributed by atoms with E-state index in [2.05, 4.69) is 25.8 Å². The van der Waals surface area contributed by atoms with Crippen LogP contribution < -0.4 is 15.0 Å². The fraction of sp³-hybridized carbons (Fsp3) is 0.167. The summed E-state index contributed by atoms with van der Waals surface area (Å²) >= 11 is 6.27. The number of pyridine rings is 1. The summed E-state index contributed by atoms with van der Waals surface area (Å²) in [6, 6.07) is 20.5. The number of benzene rings is 3. The largest absolute Gasteiger partial charge is 0.481 e. The third-order valence-electron chi connectivity index (χ3n) is 7.18. The summed E-state index contributed by atoms with van der Waals surface area (Å²) in [6.45, 7) is -0.610. The predicted molar refractivity (Wildman–Crippen MR) is 159 cm³/mol. The monoisotopic (exact) mass is 596 g/mol. The minimum atomic E-state index is -0.956. The molecule has 1 aliphatic rings. The lowest BCUT2D eigenvalue weighted by atomic mass is 10.0. The molecular formula is C30H25ClN8O4. The molecule has 0 saturated carbocycles. The van der Waals surface area contributed by atoms with E-state index in [9.17, 15) is 14.4 Å². The van der Waals surface area contributed by atoms with Gasteiger partial charge in [0.15, 0.2) is 0 Å². The van der Waals surface area contributed by atoms with Gasteiger partial charge in [-0.15, -0.1) is 5.10 Å². The zero-order valence-corrected chi connectivity index (χ0v) is 23.7. The zero-order valence-electron chi connectivity index (χ0n) is 22.9. The number of tetrazole rings is 1. The van der Waals surface area contributed by atoms with Crippen molar-refractivity contribution in [3.05, 3.63) is 95.9 Å². The first-order chi connectivity index (χ1) is 20.9. The summed E-state index contributed by atoms with van der Waals surface area (Å²) in [5.41, 5.74) is 2.23. The molecule has 1 unspecified atom stereocenters. The number of fused-ring (bicyclic) bond motifs is 1. The number of amides is 3. The minimum Gasteiger partial charge on any atom is -0.481 e. The Morgan fingerprint density at radius 1 is 1.00 bits per heavy atom. The van der Waals surface area contributed by atoms with Crippen molar-refractivity contribution in [1.82, 2.24) is 30.1 Å². The van der Waals surface area contributed by atoms with Gasteiger partial charge in [0.25, 0.3) is 0 Å². The Balaban J connectivity index is 1.29. The molecule has 1 aliphatic heterocycles. The second-order valence-corrected chi connectivity index (χ2v) is 10.3. The highest BCUT2D eigenvalue weighted by Crippen LogP contribution is 2.30. The van der Waals surface area contributed by atoms with Gasteiger partial charge in [-0.05, 0) is 63.8 Å². The summed E-state index contributed by atoms with van der Waals surface area (Å²) in [4.78, 5) is 48.0. The van der Waals surface area contributed by atoms with Gasteiger partial charge in [-0.3, -0.25) is 19.3 Å². The molecule has 3 heterocycles. The summed E-state index contributed by atoms with van der Waals surface area (Å²) in [6.07, 6.45) is 3.22. The highest BCUT2D eigenvalue weighted by Gasteiger charge is 2.39. The molecule has 5 aromatic rings. The number of anilines is 2. The molecule has 0 aliphatic carbocycles. The van der Waals surface area contributed by atoms with Gasteiger partial charge < -0.3 is 15.0 Å². The number of ether oxygens (including phenoxy) is 1. The molecule has 1 atom stereocenters. The van der Waals surface area contributed by atoms with Crippen LogP contribution >= 0.6 is 11.6 Å². The van der Waals surface area contributed by atoms with Crippen LogP contribution in [0.25, 0.3) is 16.5 Å². The van der Waals surface area contributed by atoms with Crippen molar-refractivity contribution in [2.75, 3.05) is 30.4 Å². The molecular weight excluding hydrogens is 572 g/mol. The molecule has 43 heavy (non-hydrogen) atoms. The summed E-state index contributed by atoms with van der Waals surface area (Å²) in [5, 5.41) is 16.2. The molecule has 0 spiro atoms. The van der Waals surface area contributed by atoms with E-state index in [1.54, 1.807) is 37.6 Å². The van der Waals surface area contributed by atoms with Crippen molar-refractivity contribution in [2.45, 2.75) is 12.5 Å². The molecule has 0 radical (unpaired) electrons. The SMILES string of the molecule is COc1nccc2cc(NC(=O)C(Cc3ccccc3)N3CC(=O)N(c4cc(Cl)ccc4-n4cnnn4)CC3=O)ccc12. The Hall–Kier alpha value is -5.36. The second kappa shape index (κ2) is 11.9. The van der Waals surface area contributed by atoms with Crippen LogP contribution in [0.2, 0.25) is 5.02 Å². The van der Waals surface area contributed by atoms with E-state index in [1.807, 2.05) is 48.5 Å². The molecule has 12 nitrogen and oxygen atoms in total. The van der Waals surface area contributed by atoms with Gasteiger partial charge >= 0.3 is 0 Å². The number of rotatable bonds is 8. The standard InChI is InChI=1S/C30H25ClN8O4/c1-43-30-23-9-8-22(14-20(23)11-12-32-30)34-29(42)26(13-19-5-3-2-4-6-19)38-17-27(40)37(16-28(38)41)25-15-21(31)7-10-24(25)39-18-33-35-36-39/h2-12,14-15,18,26H,13,16-17H2,1H3,(H,34,42). The van der Waals surface area contributed by atoms with Crippen LogP contribution in [-0.2, 0) is 20.8 Å². The number of carbonyl (C=O) groups excluding carboxylic acids is 3. The van der Waals surface area contributed by atoms with Gasteiger partial charge in [0.2, 0.25) is 23.6 Å². The van der Waals surface area contributed by atoms with E-state index in [0.29, 0.717) is 28.0 Å². The second-order valence-electron chi connectivity index (χ2n) is 9.84. The molecule has 0 bridgehead atoms. The first-order valence-electron chi connectivity index (χ1n) is 13.3. The number of hydrogen-bond acceptors (Lipinski definition) is 8. The lowest BCUT2D eigenvalue weighted by Crippen LogP contribution is -2.60. The topological polar surface area (TPSA) is 135 Å². The molecule has 1 fully saturated rings. The van der Waals surface area contributed by atoms with Crippen molar-refractivity contribution < 1.29 is 19.1 Å². The predicted octanol–water partition coefficient (Wildman–Crippen LogP) is 3.30. The Labute approximate surface area is 250 Å². The number of methoxy groups -OCH3 is 1. The van der Waals surface area contributed by atoms with E-state index in [0.717, 1.165) is 16.3 Å². The highest BCUT2D eigenvalue weighted by atomic mass is 35.5. The summed E-state index contributed by atoms with van der Waals surface area (Å²) in [7, 11) is 1.54. The fourth-order valence-corrected chi connectivity index (χ4v) is 5.28. The van der Waals surface area contributed by atoms with Crippen molar-refractivity contribution in [3.8, 4) is 11.6 Å². The molecule has 3 aromatic carbocycles. The van der Waals surface area contributed by atoms with Crippen LogP contribution in [0.15, 0.2) is 85.3 Å². The van der Waals surface area contributed by atoms with Crippen molar-refractivity contribution in [1.29, 1.82) is 0 Å². The molecule has 1 saturated heterocycles. The lowest BCUT2D eigenvalue weighted by Gasteiger charge is -2.38. The third-order valence-corrected chi connectivity index (χ3v) is 7.42. The first kappa shape index (κ1) is 27.8. The molecule has 2 aromatic heterocycles. The maximum atomic E-state index is 13.8. The first-order valence-corrected chi connectivity index (χ1v) is 13.7. The lowest BCUT2D eigenvalue weighted by molar-refractivity contribution is -0.143. The van der Waals surface area contributed by atoms with E-state index in [1.165, 1.54) is 20.8 Å². The Kier molecular flexibility index (Phi) is 7.67. The van der Waals surface area contributed by atoms with Crippen LogP contribution in [-0.4, -0.2) is 74.1 Å². The maximum Gasteiger partial charge on any atom is 0.247 e. The van der Waals surface area contributed by atoms with E-state index in [-0.39, 0.29) is 25.4 Å². The average Bonchev–Trinajstić information content (AvgIpc) is 3.56. The summed E-state index contributed by atoms with van der Waals surface area (Å²) in [5.74, 6) is -0.724. The molecule has 13 heteroatoms. The quantitative estimate of drug-likeness (QED) is 0.288. The average molecular weight is 597 g/mol. The zero-order chi connectivity index (χ0) is 29.9. The number of aromatic nitrogens is 5. The maximum absolute atomic E-state index is 13.8. The van der Waals surface area contributed by atoms with Gasteiger partial charge in [0, 0.05) is 28.7 Å². The van der Waals surface area contributed by atoms with Crippen LogP contribution in [0.3, 0.4) is 0 Å². The number of nitrogens with zero attached hydrogens (tertiary/aromatic N) is 7. The minimum absolute atomic E-state index is 0.212. The number of carbonyl (C=O) groups is 3. The van der Waals surface area contributed by atoms with Crippen molar-refractivity contribution in [3.63, 3.8) is 0 Å². The molecule has 6 rings (SSSR count). The molecule has 3 amide bonds. The van der Waals surface area contributed by atoms with Crippen molar-refractivity contribution >= 4 is 51.5 Å². The van der Waals surface area contributed by atoms with E-state index >= 15 is 0 Å². The van der Waals surface area contributed by atoms with Crippen LogP contribution in [0.5, 0.6) is 5.88 Å². The van der Waals surface area contributed by atoms with Gasteiger partial charge in [-0.25, -0.2) is 4.98 Å². The number of hydrogen-bond donors (Lipinski definition) is 1. The van der Waals surface area contributed by atoms with Gasteiger partial charge in [0.1, 0.15) is 25.5 Å². The Morgan fingerprint density at radius 2 is 1.84 bits per heavy atom. The molecule has 1 N–H and O–H groups in total. The Bertz CT molecular complexity index is 1820. The van der Waals surface area contributed by atoms with Gasteiger partial charge in [-0.2, -0.15) is 4.68 Å². The van der Waals surface area contributed by atoms with Gasteiger partial charge in [-0.1, -0.05) is 41.9 Å². The number of halogens is 1. The van der Waals surface area contributed by atoms with Gasteiger partial charge in [0.05, 0.1) is 18.5 Å². The Morgan fingerprint density at radius 3 is 2.60 bits per heavy atom. The highest BCUT2D eigenvalue weighted by molar-refractivity contribution is 6.31. The number of piperazine rings is 1. The molecule has 216 valence electrons. The normalized spacial score (nSPS) is 14.2. The van der Waals surface area contributed by atoms with Crippen LogP contribution in [0.4, 0.5) is 11.4 Å². The van der Waals surface area contributed by atoms with Crippen LogP contribution in [0, 0.1) is 0 Å². The van der Waals surface area contributed by atoms with Crippen molar-refractivity contribution in [2.24, 2.45) is 0 Å². The summed E-state index contributed by atoms with van der Waals surface area (Å²) < 4.78 is 6.72. The van der Waals surface area contributed by atoms with Crippen LogP contribution in [0.1, 0.15) is 5.56 Å².